The Labute approximate surface area is 99.5 Å². The molecule has 0 bridgehead atoms. The second-order valence-electron chi connectivity index (χ2n) is 5.63. The number of nitrogens with zero attached hydrogens (tertiary/aromatic N) is 1. The van der Waals surface area contributed by atoms with Crippen molar-refractivity contribution in [2.24, 2.45) is 5.92 Å². The van der Waals surface area contributed by atoms with Gasteiger partial charge in [0.15, 0.2) is 0 Å². The summed E-state index contributed by atoms with van der Waals surface area (Å²) in [7, 11) is 2.23. The van der Waals surface area contributed by atoms with Gasteiger partial charge in [0, 0.05) is 37.9 Å². The molecule has 2 rings (SSSR count). The molecule has 0 amide bonds. The zero-order valence-corrected chi connectivity index (χ0v) is 10.9. The molecule has 2 aliphatic heterocycles. The number of ether oxygens (including phenoxy) is 1. The molecular formula is C13H26N2O. The van der Waals surface area contributed by atoms with Crippen molar-refractivity contribution in [3.8, 4) is 0 Å². The smallest absolute Gasteiger partial charge is 0.0469 e. The van der Waals surface area contributed by atoms with E-state index in [1.54, 1.807) is 0 Å². The van der Waals surface area contributed by atoms with E-state index in [0.717, 1.165) is 25.2 Å². The molecule has 2 heterocycles. The maximum Gasteiger partial charge on any atom is 0.0469 e. The molecule has 3 atom stereocenters. The molecule has 0 radical (unpaired) electrons. The van der Waals surface area contributed by atoms with Crippen LogP contribution in [0.3, 0.4) is 0 Å². The maximum absolute atomic E-state index is 5.42. The molecule has 2 saturated heterocycles. The highest BCUT2D eigenvalue weighted by Gasteiger charge is 2.29. The molecule has 0 aromatic rings. The number of likely N-dealkylation sites (N-methyl/N-ethyl adjacent to an activating group) is 1. The summed E-state index contributed by atoms with van der Waals surface area (Å²) in [6.45, 7) is 7.78. The van der Waals surface area contributed by atoms with Crippen LogP contribution in [0.15, 0.2) is 0 Å². The summed E-state index contributed by atoms with van der Waals surface area (Å²) in [6, 6.07) is 2.07. The van der Waals surface area contributed by atoms with Gasteiger partial charge in [-0.1, -0.05) is 0 Å². The van der Waals surface area contributed by atoms with Crippen molar-refractivity contribution in [3.63, 3.8) is 0 Å². The molecule has 3 nitrogen and oxygen atoms in total. The van der Waals surface area contributed by atoms with Crippen LogP contribution >= 0.6 is 0 Å². The number of likely N-dealkylation sites (tertiary alicyclic amines) is 1. The number of hydrogen-bond acceptors (Lipinski definition) is 3. The predicted octanol–water partition coefficient (Wildman–Crippen LogP) is 1.48. The molecule has 16 heavy (non-hydrogen) atoms. The van der Waals surface area contributed by atoms with Gasteiger partial charge in [0.1, 0.15) is 0 Å². The zero-order chi connectivity index (χ0) is 11.5. The van der Waals surface area contributed by atoms with Crippen molar-refractivity contribution in [3.05, 3.63) is 0 Å². The predicted molar refractivity (Wildman–Crippen MR) is 66.6 cm³/mol. The van der Waals surface area contributed by atoms with E-state index in [0.29, 0.717) is 12.1 Å². The first-order chi connectivity index (χ1) is 7.66. The third-order valence-electron chi connectivity index (χ3n) is 4.36. The molecule has 0 aromatic heterocycles. The van der Waals surface area contributed by atoms with Crippen LogP contribution in [0.25, 0.3) is 0 Å². The minimum absolute atomic E-state index is 0.646. The van der Waals surface area contributed by atoms with E-state index in [9.17, 15) is 0 Å². The quantitative estimate of drug-likeness (QED) is 0.789. The summed E-state index contributed by atoms with van der Waals surface area (Å²) in [6.07, 6.45) is 3.75. The number of rotatable bonds is 3. The van der Waals surface area contributed by atoms with Gasteiger partial charge >= 0.3 is 0 Å². The molecule has 0 aromatic carbocycles. The molecule has 94 valence electrons. The molecule has 3 heteroatoms. The summed E-state index contributed by atoms with van der Waals surface area (Å²) in [5.41, 5.74) is 0. The number of nitrogens with one attached hydrogen (secondary N) is 1. The van der Waals surface area contributed by atoms with Crippen molar-refractivity contribution < 1.29 is 4.74 Å². The van der Waals surface area contributed by atoms with Gasteiger partial charge in [-0.25, -0.2) is 0 Å². The Balaban J connectivity index is 1.76. The highest BCUT2D eigenvalue weighted by Crippen LogP contribution is 2.21. The molecule has 2 fully saturated rings. The summed E-state index contributed by atoms with van der Waals surface area (Å²) in [5, 5.41) is 3.81. The van der Waals surface area contributed by atoms with Gasteiger partial charge in [-0.05, 0) is 46.1 Å². The van der Waals surface area contributed by atoms with Crippen molar-refractivity contribution in [1.29, 1.82) is 0 Å². The lowest BCUT2D eigenvalue weighted by Crippen LogP contribution is -2.43. The maximum atomic E-state index is 5.42. The lowest BCUT2D eigenvalue weighted by molar-refractivity contribution is 0.0546. The average Bonchev–Trinajstić information content (AvgIpc) is 2.59. The summed E-state index contributed by atoms with van der Waals surface area (Å²) in [5.74, 6) is 0.815. The lowest BCUT2D eigenvalue weighted by atomic mass is 9.92. The first-order valence-corrected chi connectivity index (χ1v) is 6.71. The molecule has 1 N–H and O–H groups in total. The van der Waals surface area contributed by atoms with Gasteiger partial charge in [0.2, 0.25) is 0 Å². The van der Waals surface area contributed by atoms with Crippen LogP contribution in [0.1, 0.15) is 33.1 Å². The fourth-order valence-corrected chi connectivity index (χ4v) is 3.04. The second-order valence-corrected chi connectivity index (χ2v) is 5.63. The fourth-order valence-electron chi connectivity index (χ4n) is 3.04. The Kier molecular flexibility index (Phi) is 4.22. The van der Waals surface area contributed by atoms with Gasteiger partial charge in [-0.2, -0.15) is 0 Å². The van der Waals surface area contributed by atoms with E-state index in [1.165, 1.54) is 25.8 Å². The van der Waals surface area contributed by atoms with E-state index in [4.69, 9.17) is 4.74 Å². The lowest BCUT2D eigenvalue weighted by Gasteiger charge is -2.30. The van der Waals surface area contributed by atoms with Gasteiger partial charge in [0.25, 0.3) is 0 Å². The molecule has 2 aliphatic rings. The Morgan fingerprint density at radius 2 is 2.00 bits per heavy atom. The van der Waals surface area contributed by atoms with Crippen LogP contribution in [-0.2, 0) is 4.74 Å². The summed E-state index contributed by atoms with van der Waals surface area (Å²) in [4.78, 5) is 2.45. The van der Waals surface area contributed by atoms with Crippen LogP contribution in [0, 0.1) is 5.92 Å². The normalized spacial score (nSPS) is 35.4. The molecule has 3 unspecified atom stereocenters. The third-order valence-corrected chi connectivity index (χ3v) is 4.36. The summed E-state index contributed by atoms with van der Waals surface area (Å²) >= 11 is 0. The van der Waals surface area contributed by atoms with Gasteiger partial charge in [0.05, 0.1) is 0 Å². The third kappa shape index (κ3) is 2.96. The molecular weight excluding hydrogens is 200 g/mol. The minimum Gasteiger partial charge on any atom is -0.381 e. The Morgan fingerprint density at radius 3 is 2.56 bits per heavy atom. The van der Waals surface area contributed by atoms with Crippen molar-refractivity contribution in [2.75, 3.05) is 26.8 Å². The summed E-state index contributed by atoms with van der Waals surface area (Å²) < 4.78 is 5.42. The van der Waals surface area contributed by atoms with Gasteiger partial charge < -0.3 is 15.0 Å². The fraction of sp³-hybridized carbons (Fsp3) is 1.00. The van der Waals surface area contributed by atoms with Crippen LogP contribution in [-0.4, -0.2) is 49.8 Å². The Morgan fingerprint density at radius 1 is 1.31 bits per heavy atom. The Hall–Kier alpha value is -0.120. The van der Waals surface area contributed by atoms with Crippen molar-refractivity contribution >= 4 is 0 Å². The average molecular weight is 226 g/mol. The van der Waals surface area contributed by atoms with Crippen LogP contribution in [0.4, 0.5) is 0 Å². The van der Waals surface area contributed by atoms with Gasteiger partial charge in [-0.3, -0.25) is 0 Å². The standard InChI is InChI=1S/C13H26N2O/c1-10-8-13(9-15(10)3)14-11(2)12-4-6-16-7-5-12/h10-14H,4-9H2,1-3H3. The van der Waals surface area contributed by atoms with Crippen molar-refractivity contribution in [1.82, 2.24) is 10.2 Å². The van der Waals surface area contributed by atoms with Crippen LogP contribution < -0.4 is 5.32 Å². The first-order valence-electron chi connectivity index (χ1n) is 6.71. The SMILES string of the molecule is CC(NC1CC(C)N(C)C1)C1CCOCC1. The zero-order valence-electron chi connectivity index (χ0n) is 10.9. The minimum atomic E-state index is 0.646. The second kappa shape index (κ2) is 5.48. The van der Waals surface area contributed by atoms with E-state index in [1.807, 2.05) is 0 Å². The molecule has 0 saturated carbocycles. The monoisotopic (exact) mass is 226 g/mol. The highest BCUT2D eigenvalue weighted by atomic mass is 16.5. The van der Waals surface area contributed by atoms with E-state index in [2.05, 4.69) is 31.1 Å². The van der Waals surface area contributed by atoms with Crippen LogP contribution in [0.5, 0.6) is 0 Å². The topological polar surface area (TPSA) is 24.5 Å². The highest BCUT2D eigenvalue weighted by molar-refractivity contribution is 4.88. The number of hydrogen-bond donors (Lipinski definition) is 1. The van der Waals surface area contributed by atoms with Crippen molar-refractivity contribution in [2.45, 2.75) is 51.2 Å². The molecule has 0 aliphatic carbocycles. The van der Waals surface area contributed by atoms with E-state index >= 15 is 0 Å². The largest absolute Gasteiger partial charge is 0.381 e. The molecule has 0 spiro atoms. The van der Waals surface area contributed by atoms with Crippen LogP contribution in [0.2, 0.25) is 0 Å². The Bertz CT molecular complexity index is 206. The first kappa shape index (κ1) is 12.3. The van der Waals surface area contributed by atoms with E-state index in [-0.39, 0.29) is 0 Å². The van der Waals surface area contributed by atoms with E-state index < -0.39 is 0 Å². The van der Waals surface area contributed by atoms with Gasteiger partial charge in [-0.15, -0.1) is 0 Å².